The number of carbonyl (C=O) groups is 1. The molecule has 1 heterocycles. The van der Waals surface area contributed by atoms with Crippen molar-refractivity contribution in [1.29, 1.82) is 0 Å². The number of aliphatic hydroxyl groups is 1. The molecule has 4 rings (SSSR count). The fourth-order valence-electron chi connectivity index (χ4n) is 4.61. The molecule has 42 heavy (non-hydrogen) atoms. The number of benzene rings is 3. The van der Waals surface area contributed by atoms with E-state index in [0.717, 1.165) is 17.5 Å². The van der Waals surface area contributed by atoms with Crippen LogP contribution in [0.15, 0.2) is 89.9 Å². The van der Waals surface area contributed by atoms with E-state index in [0.29, 0.717) is 49.1 Å². The lowest BCUT2D eigenvalue weighted by atomic mass is 9.84. The molecule has 0 spiro atoms. The Bertz CT molecular complexity index is 1330. The number of aliphatic hydroxyl groups excluding tert-OH is 1. The second kappa shape index (κ2) is 15.7. The van der Waals surface area contributed by atoms with Gasteiger partial charge in [0.05, 0.1) is 13.7 Å². The summed E-state index contributed by atoms with van der Waals surface area (Å²) < 4.78 is 22.8. The predicted molar refractivity (Wildman–Crippen MR) is 162 cm³/mol. The van der Waals surface area contributed by atoms with Gasteiger partial charge < -0.3 is 24.1 Å². The number of carbonyl (C=O) groups excluding carboxylic acids is 1. The first-order chi connectivity index (χ1) is 20.6. The average molecular weight is 574 g/mol. The normalized spacial score (nSPS) is 18.0. The van der Waals surface area contributed by atoms with E-state index in [1.54, 1.807) is 14.2 Å². The summed E-state index contributed by atoms with van der Waals surface area (Å²) in [5.41, 5.74) is 7.07. The zero-order valence-corrected chi connectivity index (χ0v) is 24.1. The van der Waals surface area contributed by atoms with E-state index in [1.165, 1.54) is 0 Å². The molecule has 3 N–H and O–H groups in total. The van der Waals surface area contributed by atoms with Crippen molar-refractivity contribution in [3.8, 4) is 11.5 Å². The Kier molecular flexibility index (Phi) is 11.5. The largest absolute Gasteiger partial charge is 0.497 e. The van der Waals surface area contributed by atoms with Crippen LogP contribution in [0.5, 0.6) is 11.5 Å². The highest BCUT2D eigenvalue weighted by molar-refractivity contribution is 6.01. The molecule has 222 valence electrons. The summed E-state index contributed by atoms with van der Waals surface area (Å²) in [4.78, 5) is 19.1. The van der Waals surface area contributed by atoms with Gasteiger partial charge in [-0.3, -0.25) is 10.2 Å². The molecular formula is C33H39N3O6. The lowest BCUT2D eigenvalue weighted by Crippen LogP contribution is -2.52. The number of methoxy groups -OCH3 is 2. The third kappa shape index (κ3) is 7.97. The fraction of sp³-hybridized carbons (Fsp3) is 0.333. The van der Waals surface area contributed by atoms with Crippen molar-refractivity contribution >= 4 is 17.9 Å². The topological polar surface area (TPSA) is 111 Å². The van der Waals surface area contributed by atoms with Crippen molar-refractivity contribution in [3.05, 3.63) is 102 Å². The number of nitrogens with one attached hydrogen (secondary N) is 2. The van der Waals surface area contributed by atoms with Crippen LogP contribution in [0.25, 0.3) is 6.08 Å². The van der Waals surface area contributed by atoms with Crippen molar-refractivity contribution in [2.45, 2.75) is 30.9 Å². The van der Waals surface area contributed by atoms with E-state index < -0.39 is 11.6 Å². The minimum Gasteiger partial charge on any atom is -0.497 e. The first-order valence-corrected chi connectivity index (χ1v) is 14.1. The molecule has 0 saturated carbocycles. The van der Waals surface area contributed by atoms with Gasteiger partial charge in [0.25, 0.3) is 5.91 Å². The van der Waals surface area contributed by atoms with Crippen LogP contribution in [0, 0.1) is 0 Å². The number of nitrogens with zero attached hydrogens (tertiary/aromatic N) is 1. The smallest absolute Gasteiger partial charge is 0.266 e. The maximum Gasteiger partial charge on any atom is 0.266 e. The molecular weight excluding hydrogens is 534 g/mol. The SMILES string of the molecule is COCCCNNC(=O)[C@@]1(C/C=C/c2ccccc2)N=C(c2ccc(OCCCO)cc2)O[C@H]1c1cccc(OC)c1. The van der Waals surface area contributed by atoms with Crippen LogP contribution in [-0.2, 0) is 14.3 Å². The van der Waals surface area contributed by atoms with Crippen LogP contribution in [-0.4, -0.2) is 63.0 Å². The van der Waals surface area contributed by atoms with Crippen molar-refractivity contribution in [3.63, 3.8) is 0 Å². The molecule has 0 unspecified atom stereocenters. The molecule has 0 radical (unpaired) electrons. The number of hydrogen-bond acceptors (Lipinski definition) is 8. The Hall–Kier alpha value is -4.18. The Morgan fingerprint density at radius 1 is 1.00 bits per heavy atom. The molecule has 1 aliphatic rings. The summed E-state index contributed by atoms with van der Waals surface area (Å²) >= 11 is 0. The van der Waals surface area contributed by atoms with Crippen molar-refractivity contribution < 1.29 is 28.8 Å². The molecule has 0 aromatic heterocycles. The van der Waals surface area contributed by atoms with Gasteiger partial charge in [-0.05, 0) is 53.9 Å². The predicted octanol–water partition coefficient (Wildman–Crippen LogP) is 4.47. The molecule has 1 aliphatic heterocycles. The van der Waals surface area contributed by atoms with Gasteiger partial charge in [0.15, 0.2) is 11.6 Å². The van der Waals surface area contributed by atoms with Gasteiger partial charge in [0.2, 0.25) is 5.90 Å². The molecule has 0 aliphatic carbocycles. The van der Waals surface area contributed by atoms with Gasteiger partial charge in [-0.15, -0.1) is 0 Å². The maximum absolute atomic E-state index is 14.1. The van der Waals surface area contributed by atoms with E-state index in [4.69, 9.17) is 29.0 Å². The minimum atomic E-state index is -1.32. The standard InChI is InChI=1S/C33H39N3O6/c1-39-22-8-20-34-36-32(38)33(19-7-12-25-10-4-3-5-11-25)30(27-13-6-14-29(24-27)40-2)42-31(35-33)26-15-17-28(18-16-26)41-23-9-21-37/h3-7,10-18,24,30,34,37H,8-9,19-23H2,1-2H3,(H,36,38)/b12-7+/t30-,33-/m0/s1. The van der Waals surface area contributed by atoms with Crippen molar-refractivity contribution in [1.82, 2.24) is 10.9 Å². The first-order valence-electron chi connectivity index (χ1n) is 14.1. The summed E-state index contributed by atoms with van der Waals surface area (Å²) in [5.74, 6) is 1.36. The van der Waals surface area contributed by atoms with Crippen molar-refractivity contribution in [2.75, 3.05) is 40.6 Å². The number of aliphatic imine (C=N–C) groups is 1. The quantitative estimate of drug-likeness (QED) is 0.171. The molecule has 0 saturated heterocycles. The molecule has 0 fully saturated rings. The van der Waals surface area contributed by atoms with E-state index in [-0.39, 0.29) is 18.9 Å². The molecule has 0 bridgehead atoms. The minimum absolute atomic E-state index is 0.0680. The first kappa shape index (κ1) is 30.8. The van der Waals surface area contributed by atoms with Gasteiger partial charge in [0, 0.05) is 45.3 Å². The van der Waals surface area contributed by atoms with Crippen LogP contribution < -0.4 is 20.3 Å². The highest BCUT2D eigenvalue weighted by atomic mass is 16.5. The monoisotopic (exact) mass is 573 g/mol. The lowest BCUT2D eigenvalue weighted by Gasteiger charge is -2.30. The second-order valence-corrected chi connectivity index (χ2v) is 9.81. The van der Waals surface area contributed by atoms with Crippen LogP contribution in [0.3, 0.4) is 0 Å². The summed E-state index contributed by atoms with van der Waals surface area (Å²) in [6.07, 6.45) is 4.77. The number of hydrazine groups is 1. The molecule has 3 aromatic carbocycles. The third-order valence-electron chi connectivity index (χ3n) is 6.82. The second-order valence-electron chi connectivity index (χ2n) is 9.81. The van der Waals surface area contributed by atoms with E-state index in [9.17, 15) is 4.79 Å². The Morgan fingerprint density at radius 3 is 2.55 bits per heavy atom. The molecule has 9 nitrogen and oxygen atoms in total. The lowest BCUT2D eigenvalue weighted by molar-refractivity contribution is -0.129. The molecule has 3 aromatic rings. The third-order valence-corrected chi connectivity index (χ3v) is 6.82. The zero-order valence-electron chi connectivity index (χ0n) is 24.1. The Morgan fingerprint density at radius 2 is 1.81 bits per heavy atom. The number of ether oxygens (including phenoxy) is 4. The van der Waals surface area contributed by atoms with E-state index in [2.05, 4.69) is 10.9 Å². The van der Waals surface area contributed by atoms with Gasteiger partial charge in [-0.2, -0.15) is 0 Å². The maximum atomic E-state index is 14.1. The zero-order chi connectivity index (χ0) is 29.6. The molecule has 9 heteroatoms. The van der Waals surface area contributed by atoms with Gasteiger partial charge in [0.1, 0.15) is 11.5 Å². The average Bonchev–Trinajstić information content (AvgIpc) is 3.42. The van der Waals surface area contributed by atoms with E-state index >= 15 is 0 Å². The summed E-state index contributed by atoms with van der Waals surface area (Å²) in [6, 6.07) is 24.8. The van der Waals surface area contributed by atoms with Gasteiger partial charge in [-0.1, -0.05) is 54.6 Å². The van der Waals surface area contributed by atoms with Crippen LogP contribution in [0.4, 0.5) is 0 Å². The molecule has 1 amide bonds. The number of rotatable bonds is 16. The summed E-state index contributed by atoms with van der Waals surface area (Å²) in [6.45, 7) is 1.60. The summed E-state index contributed by atoms with van der Waals surface area (Å²) in [5, 5.41) is 9.03. The Labute approximate surface area is 247 Å². The van der Waals surface area contributed by atoms with Gasteiger partial charge >= 0.3 is 0 Å². The number of hydrogen-bond donors (Lipinski definition) is 3. The Balaban J connectivity index is 1.70. The van der Waals surface area contributed by atoms with E-state index in [1.807, 2.05) is 91.0 Å². The van der Waals surface area contributed by atoms with Crippen LogP contribution in [0.1, 0.15) is 42.1 Å². The highest BCUT2D eigenvalue weighted by Gasteiger charge is 2.52. The summed E-state index contributed by atoms with van der Waals surface area (Å²) in [7, 11) is 3.25. The van der Waals surface area contributed by atoms with Crippen LogP contribution >= 0.6 is 0 Å². The highest BCUT2D eigenvalue weighted by Crippen LogP contribution is 2.43. The molecule has 2 atom stereocenters. The van der Waals surface area contributed by atoms with Gasteiger partial charge in [-0.25, -0.2) is 10.4 Å². The van der Waals surface area contributed by atoms with Crippen LogP contribution in [0.2, 0.25) is 0 Å². The fourth-order valence-corrected chi connectivity index (χ4v) is 4.61. The van der Waals surface area contributed by atoms with Crippen molar-refractivity contribution in [2.24, 2.45) is 4.99 Å². The number of amides is 1.